The second-order valence-corrected chi connectivity index (χ2v) is 6.88. The van der Waals surface area contributed by atoms with Crippen LogP contribution in [0.5, 0.6) is 17.2 Å². The number of rotatable bonds is 6. The number of carbonyl (C=O) groups excluding carboxylic acids is 1. The number of ether oxygens (including phenoxy) is 3. The third-order valence-electron chi connectivity index (χ3n) is 4.81. The summed E-state index contributed by atoms with van der Waals surface area (Å²) in [5.41, 5.74) is 1.56. The molecule has 7 heteroatoms. The molecule has 1 saturated heterocycles. The zero-order valence-corrected chi connectivity index (χ0v) is 16.5. The standard InChI is InChI=1S/C20H23ClN2O4/c1-25-17-15(10-16(21)18(26-2)19(17)27-3)20(24)23-8-6-14(12-23)9-13-5-4-7-22-11-13/h4-5,7,10-11,14H,6,8-9,12H2,1-3H3. The van der Waals surface area contributed by atoms with Crippen molar-refractivity contribution in [3.8, 4) is 17.2 Å². The monoisotopic (exact) mass is 390 g/mol. The molecule has 1 aliphatic rings. The SMILES string of the molecule is COc1c(Cl)cc(C(=O)N2CCC(Cc3cccnc3)C2)c(OC)c1OC. The van der Waals surface area contributed by atoms with Gasteiger partial charge in [-0.25, -0.2) is 0 Å². The van der Waals surface area contributed by atoms with E-state index in [0.29, 0.717) is 46.8 Å². The van der Waals surface area contributed by atoms with Crippen LogP contribution in [-0.4, -0.2) is 50.2 Å². The van der Waals surface area contributed by atoms with Crippen molar-refractivity contribution >= 4 is 17.5 Å². The number of pyridine rings is 1. The molecule has 144 valence electrons. The van der Waals surface area contributed by atoms with E-state index in [-0.39, 0.29) is 5.91 Å². The van der Waals surface area contributed by atoms with Crippen LogP contribution in [0.1, 0.15) is 22.3 Å². The molecule has 1 aromatic carbocycles. The van der Waals surface area contributed by atoms with E-state index in [0.717, 1.165) is 12.8 Å². The van der Waals surface area contributed by atoms with Crippen LogP contribution in [0.3, 0.4) is 0 Å². The van der Waals surface area contributed by atoms with Gasteiger partial charge in [-0.2, -0.15) is 0 Å². The lowest BCUT2D eigenvalue weighted by molar-refractivity contribution is 0.0783. The number of hydrogen-bond acceptors (Lipinski definition) is 5. The molecule has 0 aliphatic carbocycles. The van der Waals surface area contributed by atoms with Crippen LogP contribution in [0.15, 0.2) is 30.6 Å². The number of likely N-dealkylation sites (tertiary alicyclic amines) is 1. The summed E-state index contributed by atoms with van der Waals surface area (Å²) in [6.07, 6.45) is 5.49. The van der Waals surface area contributed by atoms with E-state index in [1.165, 1.54) is 26.9 Å². The van der Waals surface area contributed by atoms with Gasteiger partial charge in [-0.3, -0.25) is 9.78 Å². The maximum Gasteiger partial charge on any atom is 0.257 e. The van der Waals surface area contributed by atoms with E-state index in [2.05, 4.69) is 11.1 Å². The molecule has 3 rings (SSSR count). The first-order chi connectivity index (χ1) is 13.1. The molecule has 1 atom stereocenters. The number of methoxy groups -OCH3 is 3. The zero-order chi connectivity index (χ0) is 19.4. The predicted molar refractivity (Wildman–Crippen MR) is 103 cm³/mol. The lowest BCUT2D eigenvalue weighted by atomic mass is 10.00. The number of benzene rings is 1. The molecule has 1 aromatic heterocycles. The number of hydrogen-bond donors (Lipinski definition) is 0. The number of halogens is 1. The largest absolute Gasteiger partial charge is 0.492 e. The number of nitrogens with zero attached hydrogens (tertiary/aromatic N) is 2. The fraction of sp³-hybridized carbons (Fsp3) is 0.400. The van der Waals surface area contributed by atoms with Gasteiger partial charge in [-0.1, -0.05) is 17.7 Å². The Morgan fingerprint density at radius 3 is 2.59 bits per heavy atom. The minimum absolute atomic E-state index is 0.122. The normalized spacial score (nSPS) is 16.3. The Kier molecular flexibility index (Phi) is 6.06. The van der Waals surface area contributed by atoms with Crippen molar-refractivity contribution in [1.29, 1.82) is 0 Å². The molecule has 0 bridgehead atoms. The summed E-state index contributed by atoms with van der Waals surface area (Å²) >= 11 is 6.29. The van der Waals surface area contributed by atoms with Crippen molar-refractivity contribution in [3.63, 3.8) is 0 Å². The second-order valence-electron chi connectivity index (χ2n) is 6.48. The molecule has 0 radical (unpaired) electrons. The molecular weight excluding hydrogens is 368 g/mol. The van der Waals surface area contributed by atoms with Crippen LogP contribution < -0.4 is 14.2 Å². The first kappa shape index (κ1) is 19.3. The van der Waals surface area contributed by atoms with E-state index in [9.17, 15) is 4.79 Å². The molecular formula is C20H23ClN2O4. The fourth-order valence-electron chi connectivity index (χ4n) is 3.54. The first-order valence-electron chi connectivity index (χ1n) is 8.75. The molecule has 1 fully saturated rings. The van der Waals surface area contributed by atoms with Gasteiger partial charge in [-0.05, 0) is 36.5 Å². The van der Waals surface area contributed by atoms with Crippen LogP contribution in [0.25, 0.3) is 0 Å². The maximum absolute atomic E-state index is 13.1. The smallest absolute Gasteiger partial charge is 0.257 e. The highest BCUT2D eigenvalue weighted by Gasteiger charge is 2.31. The Bertz CT molecular complexity index is 813. The van der Waals surface area contributed by atoms with E-state index in [1.54, 1.807) is 12.3 Å². The van der Waals surface area contributed by atoms with Crippen molar-refractivity contribution in [2.24, 2.45) is 5.92 Å². The van der Waals surface area contributed by atoms with Gasteiger partial charge >= 0.3 is 0 Å². The van der Waals surface area contributed by atoms with Crippen molar-refractivity contribution in [1.82, 2.24) is 9.88 Å². The summed E-state index contributed by atoms with van der Waals surface area (Å²) in [6, 6.07) is 5.58. The van der Waals surface area contributed by atoms with Crippen LogP contribution >= 0.6 is 11.6 Å². The summed E-state index contributed by atoms with van der Waals surface area (Å²) in [4.78, 5) is 19.1. The highest BCUT2D eigenvalue weighted by atomic mass is 35.5. The van der Waals surface area contributed by atoms with Crippen LogP contribution in [0, 0.1) is 5.92 Å². The highest BCUT2D eigenvalue weighted by Crippen LogP contribution is 2.45. The first-order valence-corrected chi connectivity index (χ1v) is 9.13. The fourth-order valence-corrected chi connectivity index (χ4v) is 3.81. The molecule has 0 saturated carbocycles. The average molecular weight is 391 g/mol. The van der Waals surface area contributed by atoms with E-state index in [4.69, 9.17) is 25.8 Å². The number of amides is 1. The van der Waals surface area contributed by atoms with E-state index < -0.39 is 0 Å². The van der Waals surface area contributed by atoms with Crippen LogP contribution in [0.4, 0.5) is 0 Å². The summed E-state index contributed by atoms with van der Waals surface area (Å²) in [5.74, 6) is 1.29. The van der Waals surface area contributed by atoms with Gasteiger partial charge in [0, 0.05) is 25.5 Å². The van der Waals surface area contributed by atoms with Gasteiger partial charge in [0.2, 0.25) is 5.75 Å². The summed E-state index contributed by atoms with van der Waals surface area (Å²) in [7, 11) is 4.48. The molecule has 1 aliphatic heterocycles. The average Bonchev–Trinajstić information content (AvgIpc) is 3.15. The summed E-state index contributed by atoms with van der Waals surface area (Å²) in [6.45, 7) is 1.38. The number of carbonyl (C=O) groups is 1. The van der Waals surface area contributed by atoms with Crippen molar-refractivity contribution in [2.75, 3.05) is 34.4 Å². The maximum atomic E-state index is 13.1. The molecule has 2 aromatic rings. The number of aromatic nitrogens is 1. The van der Waals surface area contributed by atoms with E-state index in [1.807, 2.05) is 17.2 Å². The second kappa shape index (κ2) is 8.48. The lowest BCUT2D eigenvalue weighted by Crippen LogP contribution is -2.29. The van der Waals surface area contributed by atoms with Gasteiger partial charge in [0.15, 0.2) is 11.5 Å². The third kappa shape index (κ3) is 3.95. The summed E-state index contributed by atoms with van der Waals surface area (Å²) in [5, 5.41) is 0.310. The zero-order valence-electron chi connectivity index (χ0n) is 15.7. The Labute approximate surface area is 164 Å². The van der Waals surface area contributed by atoms with Crippen molar-refractivity contribution in [3.05, 3.63) is 46.7 Å². The topological polar surface area (TPSA) is 60.9 Å². The molecule has 27 heavy (non-hydrogen) atoms. The minimum Gasteiger partial charge on any atom is -0.492 e. The van der Waals surface area contributed by atoms with Gasteiger partial charge in [0.1, 0.15) is 0 Å². The molecule has 0 N–H and O–H groups in total. The van der Waals surface area contributed by atoms with Gasteiger partial charge in [0.25, 0.3) is 5.91 Å². The van der Waals surface area contributed by atoms with Crippen LogP contribution in [-0.2, 0) is 6.42 Å². The Morgan fingerprint density at radius 2 is 1.96 bits per heavy atom. The van der Waals surface area contributed by atoms with Crippen LogP contribution in [0.2, 0.25) is 5.02 Å². The molecule has 1 amide bonds. The quantitative estimate of drug-likeness (QED) is 0.755. The molecule has 1 unspecified atom stereocenters. The summed E-state index contributed by atoms with van der Waals surface area (Å²) < 4.78 is 16.1. The van der Waals surface area contributed by atoms with Gasteiger partial charge < -0.3 is 19.1 Å². The third-order valence-corrected chi connectivity index (χ3v) is 5.09. The van der Waals surface area contributed by atoms with E-state index >= 15 is 0 Å². The molecule has 6 nitrogen and oxygen atoms in total. The molecule has 0 spiro atoms. The van der Waals surface area contributed by atoms with Crippen molar-refractivity contribution in [2.45, 2.75) is 12.8 Å². The van der Waals surface area contributed by atoms with Crippen molar-refractivity contribution < 1.29 is 19.0 Å². The van der Waals surface area contributed by atoms with Gasteiger partial charge in [0.05, 0.1) is 31.9 Å². The minimum atomic E-state index is -0.122. The Morgan fingerprint density at radius 1 is 1.22 bits per heavy atom. The predicted octanol–water partition coefficient (Wildman–Crippen LogP) is 3.47. The lowest BCUT2D eigenvalue weighted by Gasteiger charge is -2.21. The van der Waals surface area contributed by atoms with Gasteiger partial charge in [-0.15, -0.1) is 0 Å². The highest BCUT2D eigenvalue weighted by molar-refractivity contribution is 6.33. The Hall–Kier alpha value is -2.47. The Balaban J connectivity index is 1.81. The molecule has 2 heterocycles.